The van der Waals surface area contributed by atoms with E-state index in [-0.39, 0.29) is 5.92 Å². The third-order valence-corrected chi connectivity index (χ3v) is 3.54. The van der Waals surface area contributed by atoms with E-state index in [2.05, 4.69) is 4.90 Å². The van der Waals surface area contributed by atoms with Crippen molar-refractivity contribution in [2.24, 2.45) is 0 Å². The van der Waals surface area contributed by atoms with E-state index in [0.29, 0.717) is 11.6 Å². The quantitative estimate of drug-likeness (QED) is 0.747. The van der Waals surface area contributed by atoms with Crippen LogP contribution in [0.25, 0.3) is 0 Å². The van der Waals surface area contributed by atoms with E-state index < -0.39 is 11.6 Å². The molecule has 1 aliphatic rings. The number of halogens is 2. The molecule has 0 N–H and O–H groups in total. The van der Waals surface area contributed by atoms with Gasteiger partial charge in [0.1, 0.15) is 11.6 Å². The first-order valence-corrected chi connectivity index (χ1v) is 5.69. The molecule has 2 atom stereocenters. The average Bonchev–Trinajstić information content (AvgIpc) is 2.66. The Balaban J connectivity index is 2.14. The van der Waals surface area contributed by atoms with Crippen molar-refractivity contribution in [3.63, 3.8) is 0 Å². The Labute approximate surface area is 95.1 Å². The van der Waals surface area contributed by atoms with Crippen molar-refractivity contribution >= 4 is 0 Å². The van der Waals surface area contributed by atoms with E-state index in [1.165, 1.54) is 6.07 Å². The molecule has 3 heteroatoms. The first-order valence-electron chi connectivity index (χ1n) is 5.69. The lowest BCUT2D eigenvalue weighted by Gasteiger charge is -2.19. The van der Waals surface area contributed by atoms with Crippen LogP contribution < -0.4 is 0 Å². The maximum absolute atomic E-state index is 13.6. The van der Waals surface area contributed by atoms with Crippen LogP contribution in [-0.4, -0.2) is 25.0 Å². The summed E-state index contributed by atoms with van der Waals surface area (Å²) in [6, 6.07) is 4.45. The molecule has 2 rings (SSSR count). The van der Waals surface area contributed by atoms with Crippen LogP contribution in [-0.2, 0) is 0 Å². The minimum atomic E-state index is -0.497. The third kappa shape index (κ3) is 2.24. The summed E-state index contributed by atoms with van der Waals surface area (Å²) < 4.78 is 26.4. The molecule has 0 amide bonds. The van der Waals surface area contributed by atoms with Crippen LogP contribution in [0.15, 0.2) is 18.2 Å². The van der Waals surface area contributed by atoms with Gasteiger partial charge in [-0.2, -0.15) is 0 Å². The van der Waals surface area contributed by atoms with Crippen LogP contribution in [0.5, 0.6) is 0 Å². The van der Waals surface area contributed by atoms with Crippen molar-refractivity contribution in [3.05, 3.63) is 35.4 Å². The number of hydrogen-bond donors (Lipinski definition) is 0. The third-order valence-electron chi connectivity index (χ3n) is 3.54. The van der Waals surface area contributed by atoms with Crippen LogP contribution in [0.3, 0.4) is 0 Å². The summed E-state index contributed by atoms with van der Waals surface area (Å²) in [4.78, 5) is 2.18. The lowest BCUT2D eigenvalue weighted by Crippen LogP contribution is -2.24. The SMILES string of the molecule is CN(C)C1CC[C@H](c2ccc(F)cc2F)C1. The van der Waals surface area contributed by atoms with Crippen molar-refractivity contribution in [2.75, 3.05) is 14.1 Å². The minimum Gasteiger partial charge on any atom is -0.306 e. The fraction of sp³-hybridized carbons (Fsp3) is 0.538. The topological polar surface area (TPSA) is 3.24 Å². The van der Waals surface area contributed by atoms with E-state index >= 15 is 0 Å². The molecule has 1 aromatic rings. The van der Waals surface area contributed by atoms with Crippen molar-refractivity contribution in [1.29, 1.82) is 0 Å². The average molecular weight is 225 g/mol. The number of nitrogens with zero attached hydrogens (tertiary/aromatic N) is 1. The Hall–Kier alpha value is -0.960. The second-order valence-corrected chi connectivity index (χ2v) is 4.79. The van der Waals surface area contributed by atoms with Gasteiger partial charge in [0.05, 0.1) is 0 Å². The molecule has 1 fully saturated rings. The molecule has 16 heavy (non-hydrogen) atoms. The highest BCUT2D eigenvalue weighted by Gasteiger charge is 2.28. The van der Waals surface area contributed by atoms with Crippen molar-refractivity contribution < 1.29 is 8.78 Å². The highest BCUT2D eigenvalue weighted by atomic mass is 19.1. The largest absolute Gasteiger partial charge is 0.306 e. The van der Waals surface area contributed by atoms with E-state index in [1.807, 2.05) is 14.1 Å². The molecule has 0 spiro atoms. The fourth-order valence-corrected chi connectivity index (χ4v) is 2.54. The molecule has 0 radical (unpaired) electrons. The smallest absolute Gasteiger partial charge is 0.129 e. The van der Waals surface area contributed by atoms with E-state index in [4.69, 9.17) is 0 Å². The molecule has 0 heterocycles. The molecular formula is C13H17F2N. The van der Waals surface area contributed by atoms with Crippen molar-refractivity contribution in [2.45, 2.75) is 31.2 Å². The zero-order valence-electron chi connectivity index (χ0n) is 9.71. The molecule has 1 saturated carbocycles. The van der Waals surface area contributed by atoms with Gasteiger partial charge in [-0.15, -0.1) is 0 Å². The molecule has 1 aromatic carbocycles. The molecule has 0 aliphatic heterocycles. The van der Waals surface area contributed by atoms with E-state index in [1.54, 1.807) is 6.07 Å². The molecule has 1 unspecified atom stereocenters. The summed E-state index contributed by atoms with van der Waals surface area (Å²) in [6.07, 6.45) is 3.05. The molecule has 0 bridgehead atoms. The standard InChI is InChI=1S/C13H17F2N/c1-16(2)11-5-3-9(7-11)12-6-4-10(14)8-13(12)15/h4,6,8-9,11H,3,5,7H2,1-2H3/t9-,11?/m0/s1. The van der Waals surface area contributed by atoms with Gasteiger partial charge in [-0.1, -0.05) is 6.07 Å². The van der Waals surface area contributed by atoms with E-state index in [9.17, 15) is 8.78 Å². The summed E-state index contributed by atoms with van der Waals surface area (Å²) in [5.74, 6) is -0.652. The predicted octanol–water partition coefficient (Wildman–Crippen LogP) is 3.16. The first kappa shape index (κ1) is 11.5. The first-order chi connectivity index (χ1) is 7.58. The predicted molar refractivity (Wildman–Crippen MR) is 60.4 cm³/mol. The van der Waals surface area contributed by atoms with Crippen LogP contribution in [0.2, 0.25) is 0 Å². The van der Waals surface area contributed by atoms with Crippen LogP contribution >= 0.6 is 0 Å². The minimum absolute atomic E-state index is 0.244. The number of rotatable bonds is 2. The molecule has 0 aromatic heterocycles. The lowest BCUT2D eigenvalue weighted by atomic mass is 9.97. The Morgan fingerprint density at radius 2 is 1.94 bits per heavy atom. The molecule has 1 aliphatic carbocycles. The van der Waals surface area contributed by atoms with Gasteiger partial charge in [-0.05, 0) is 50.9 Å². The second kappa shape index (κ2) is 4.50. The number of benzene rings is 1. The molecule has 0 saturated heterocycles. The van der Waals surface area contributed by atoms with Crippen LogP contribution in [0.1, 0.15) is 30.7 Å². The van der Waals surface area contributed by atoms with Gasteiger partial charge in [-0.25, -0.2) is 8.78 Å². The second-order valence-electron chi connectivity index (χ2n) is 4.79. The van der Waals surface area contributed by atoms with Crippen molar-refractivity contribution in [1.82, 2.24) is 4.90 Å². The van der Waals surface area contributed by atoms with Gasteiger partial charge >= 0.3 is 0 Å². The fourth-order valence-electron chi connectivity index (χ4n) is 2.54. The summed E-state index contributed by atoms with van der Waals surface area (Å²) in [5, 5.41) is 0. The van der Waals surface area contributed by atoms with Crippen molar-refractivity contribution in [3.8, 4) is 0 Å². The monoisotopic (exact) mass is 225 g/mol. The van der Waals surface area contributed by atoms with Crippen LogP contribution in [0.4, 0.5) is 8.78 Å². The van der Waals surface area contributed by atoms with Gasteiger partial charge in [0.2, 0.25) is 0 Å². The maximum atomic E-state index is 13.6. The normalized spacial score (nSPS) is 25.3. The van der Waals surface area contributed by atoms with Gasteiger partial charge in [0, 0.05) is 12.1 Å². The summed E-state index contributed by atoms with van der Waals surface area (Å²) in [7, 11) is 4.10. The Morgan fingerprint density at radius 1 is 1.19 bits per heavy atom. The molecular weight excluding hydrogens is 208 g/mol. The zero-order chi connectivity index (χ0) is 11.7. The maximum Gasteiger partial charge on any atom is 0.129 e. The summed E-state index contributed by atoms with van der Waals surface area (Å²) in [6.45, 7) is 0. The van der Waals surface area contributed by atoms with Gasteiger partial charge in [0.25, 0.3) is 0 Å². The zero-order valence-corrected chi connectivity index (χ0v) is 9.71. The number of hydrogen-bond acceptors (Lipinski definition) is 1. The van der Waals surface area contributed by atoms with E-state index in [0.717, 1.165) is 25.3 Å². The molecule has 1 nitrogen and oxygen atoms in total. The summed E-state index contributed by atoms with van der Waals surface area (Å²) in [5.41, 5.74) is 0.672. The van der Waals surface area contributed by atoms with Gasteiger partial charge in [0.15, 0.2) is 0 Å². The summed E-state index contributed by atoms with van der Waals surface area (Å²) >= 11 is 0. The Bertz CT molecular complexity index is 376. The highest BCUT2D eigenvalue weighted by molar-refractivity contribution is 5.24. The molecule has 88 valence electrons. The van der Waals surface area contributed by atoms with Gasteiger partial charge < -0.3 is 4.90 Å². The van der Waals surface area contributed by atoms with Gasteiger partial charge in [-0.3, -0.25) is 0 Å². The highest BCUT2D eigenvalue weighted by Crippen LogP contribution is 2.37. The Morgan fingerprint density at radius 3 is 2.50 bits per heavy atom. The lowest BCUT2D eigenvalue weighted by molar-refractivity contribution is 0.296. The Kier molecular flexibility index (Phi) is 3.24. The van der Waals surface area contributed by atoms with Crippen LogP contribution in [0, 0.1) is 11.6 Å².